The third-order valence-corrected chi connectivity index (χ3v) is 6.92. The number of nitrogens with zero attached hydrogens (tertiary/aromatic N) is 1. The first kappa shape index (κ1) is 26.6. The zero-order valence-electron chi connectivity index (χ0n) is 21.2. The van der Waals surface area contributed by atoms with Gasteiger partial charge in [0.05, 0.1) is 0 Å². The number of hydrogen-bond acceptors (Lipinski definition) is 0. The van der Waals surface area contributed by atoms with Gasteiger partial charge in [0.1, 0.15) is 0 Å². The molecule has 2 aromatic rings. The van der Waals surface area contributed by atoms with E-state index in [1.54, 1.807) is 0 Å². The summed E-state index contributed by atoms with van der Waals surface area (Å²) in [5.41, 5.74) is 2.88. The van der Waals surface area contributed by atoms with E-state index in [1.165, 1.54) is 114 Å². The van der Waals surface area contributed by atoms with Crippen LogP contribution in [0.1, 0.15) is 134 Å². The van der Waals surface area contributed by atoms with E-state index >= 15 is 0 Å². The van der Waals surface area contributed by atoms with Gasteiger partial charge in [0, 0.05) is 24.1 Å². The van der Waals surface area contributed by atoms with Crippen LogP contribution in [0.15, 0.2) is 54.9 Å². The average molecular weight is 437 g/mol. The van der Waals surface area contributed by atoms with Crippen molar-refractivity contribution >= 4 is 0 Å². The van der Waals surface area contributed by atoms with Crippen LogP contribution in [0.25, 0.3) is 0 Å². The lowest BCUT2D eigenvalue weighted by Gasteiger charge is -2.11. The highest BCUT2D eigenvalue weighted by molar-refractivity contribution is 5.17. The molecule has 0 aliphatic heterocycles. The molecule has 1 atom stereocenters. The van der Waals surface area contributed by atoms with Crippen molar-refractivity contribution in [2.24, 2.45) is 0 Å². The van der Waals surface area contributed by atoms with Crippen molar-refractivity contribution in [2.75, 3.05) is 0 Å². The number of pyridine rings is 1. The second kappa shape index (κ2) is 17.9. The van der Waals surface area contributed by atoms with Gasteiger partial charge in [0.2, 0.25) is 0 Å². The van der Waals surface area contributed by atoms with Crippen molar-refractivity contribution < 1.29 is 4.57 Å². The number of hydrogen-bond donors (Lipinski definition) is 0. The van der Waals surface area contributed by atoms with Gasteiger partial charge in [-0.3, -0.25) is 0 Å². The zero-order chi connectivity index (χ0) is 22.7. The second-order valence-corrected chi connectivity index (χ2v) is 9.69. The molecule has 0 fully saturated rings. The van der Waals surface area contributed by atoms with Gasteiger partial charge in [-0.15, -0.1) is 0 Å². The summed E-state index contributed by atoms with van der Waals surface area (Å²) in [6, 6.07) is 16.0. The smallest absolute Gasteiger partial charge is 0.183 e. The SMILES string of the molecule is CCCCCCCCCCCCCCCCCc1cc[n+](C(CC)c2ccccc2)cc1. The molecule has 0 aliphatic rings. The van der Waals surface area contributed by atoms with E-state index in [4.69, 9.17) is 0 Å². The standard InChI is InChI=1S/C31H50N/c1-3-5-6-7-8-9-10-11-12-13-14-15-16-17-19-22-29-25-27-32(28-26-29)31(4-2)30-23-20-18-21-24-30/h18,20-21,23-28,31H,3-17,19,22H2,1-2H3/q+1. The largest absolute Gasteiger partial charge is 0.198 e. The quantitative estimate of drug-likeness (QED) is 0.152. The van der Waals surface area contributed by atoms with Gasteiger partial charge in [-0.2, -0.15) is 4.57 Å². The third-order valence-electron chi connectivity index (χ3n) is 6.92. The predicted molar refractivity (Wildman–Crippen MR) is 140 cm³/mol. The normalized spacial score (nSPS) is 12.2. The highest BCUT2D eigenvalue weighted by Crippen LogP contribution is 2.17. The Morgan fingerprint density at radius 1 is 0.562 bits per heavy atom. The first-order valence-corrected chi connectivity index (χ1v) is 13.9. The van der Waals surface area contributed by atoms with Crippen LogP contribution in [0.4, 0.5) is 0 Å². The fraction of sp³-hybridized carbons (Fsp3) is 0.645. The fourth-order valence-electron chi connectivity index (χ4n) is 4.84. The maximum Gasteiger partial charge on any atom is 0.183 e. The molecule has 1 aromatic carbocycles. The summed E-state index contributed by atoms with van der Waals surface area (Å²) in [5, 5.41) is 0. The monoisotopic (exact) mass is 436 g/mol. The second-order valence-electron chi connectivity index (χ2n) is 9.69. The van der Waals surface area contributed by atoms with Crippen LogP contribution >= 0.6 is 0 Å². The Morgan fingerprint density at radius 3 is 1.50 bits per heavy atom. The summed E-state index contributed by atoms with van der Waals surface area (Å²) in [6.07, 6.45) is 28.4. The summed E-state index contributed by atoms with van der Waals surface area (Å²) in [5.74, 6) is 0. The highest BCUT2D eigenvalue weighted by Gasteiger charge is 2.17. The van der Waals surface area contributed by atoms with Crippen LogP contribution in [0.3, 0.4) is 0 Å². The average Bonchev–Trinajstić information content (AvgIpc) is 2.83. The van der Waals surface area contributed by atoms with Gasteiger partial charge < -0.3 is 0 Å². The Bertz CT molecular complexity index is 661. The van der Waals surface area contributed by atoms with Gasteiger partial charge in [-0.25, -0.2) is 0 Å². The Hall–Kier alpha value is -1.63. The predicted octanol–water partition coefficient (Wildman–Crippen LogP) is 9.39. The van der Waals surface area contributed by atoms with Crippen molar-refractivity contribution in [1.29, 1.82) is 0 Å². The molecule has 0 N–H and O–H groups in total. The molecule has 1 aromatic heterocycles. The fourth-order valence-corrected chi connectivity index (χ4v) is 4.84. The molecule has 0 spiro atoms. The Labute approximate surface area is 199 Å². The van der Waals surface area contributed by atoms with Crippen molar-refractivity contribution in [3.63, 3.8) is 0 Å². The molecule has 1 heteroatoms. The Kier molecular flexibility index (Phi) is 14.9. The third kappa shape index (κ3) is 11.3. The summed E-state index contributed by atoms with van der Waals surface area (Å²) >= 11 is 0. The molecule has 1 nitrogen and oxygen atoms in total. The van der Waals surface area contributed by atoms with Gasteiger partial charge in [0.15, 0.2) is 18.4 Å². The van der Waals surface area contributed by atoms with Crippen molar-refractivity contribution in [1.82, 2.24) is 0 Å². The first-order chi connectivity index (χ1) is 15.8. The van der Waals surface area contributed by atoms with Crippen molar-refractivity contribution in [3.05, 3.63) is 66.0 Å². The van der Waals surface area contributed by atoms with Gasteiger partial charge >= 0.3 is 0 Å². The number of benzene rings is 1. The number of unbranched alkanes of at least 4 members (excludes halogenated alkanes) is 14. The maximum absolute atomic E-state index is 2.37. The maximum atomic E-state index is 2.37. The first-order valence-electron chi connectivity index (χ1n) is 13.9. The van der Waals surface area contributed by atoms with Crippen LogP contribution in [-0.4, -0.2) is 0 Å². The van der Waals surface area contributed by atoms with Crippen LogP contribution in [0, 0.1) is 0 Å². The molecule has 0 amide bonds. The summed E-state index contributed by atoms with van der Waals surface area (Å²) in [7, 11) is 0. The lowest BCUT2D eigenvalue weighted by atomic mass is 10.0. The van der Waals surface area contributed by atoms with E-state index in [1.807, 2.05) is 0 Å². The summed E-state index contributed by atoms with van der Waals surface area (Å²) in [6.45, 7) is 4.57. The molecule has 0 aliphatic carbocycles. The molecule has 1 heterocycles. The van der Waals surface area contributed by atoms with E-state index in [9.17, 15) is 0 Å². The molecule has 0 bridgehead atoms. The van der Waals surface area contributed by atoms with Gasteiger partial charge in [0.25, 0.3) is 0 Å². The minimum Gasteiger partial charge on any atom is -0.198 e. The van der Waals surface area contributed by atoms with Gasteiger partial charge in [-0.1, -0.05) is 134 Å². The molecule has 178 valence electrons. The van der Waals surface area contributed by atoms with Crippen LogP contribution < -0.4 is 4.57 Å². The summed E-state index contributed by atoms with van der Waals surface area (Å²) < 4.78 is 2.37. The van der Waals surface area contributed by atoms with E-state index in [0.29, 0.717) is 6.04 Å². The molecule has 0 saturated carbocycles. The molecule has 1 unspecified atom stereocenters. The van der Waals surface area contributed by atoms with Crippen LogP contribution in [0.5, 0.6) is 0 Å². The summed E-state index contributed by atoms with van der Waals surface area (Å²) in [4.78, 5) is 0. The molecular formula is C31H50N+. The highest BCUT2D eigenvalue weighted by atomic mass is 15.0. The van der Waals surface area contributed by atoms with E-state index in [2.05, 4.69) is 73.3 Å². The molecule has 2 rings (SSSR count). The van der Waals surface area contributed by atoms with E-state index < -0.39 is 0 Å². The Balaban J connectivity index is 1.47. The lowest BCUT2D eigenvalue weighted by molar-refractivity contribution is -0.714. The number of aryl methyl sites for hydroxylation is 1. The topological polar surface area (TPSA) is 3.88 Å². The molecule has 0 saturated heterocycles. The van der Waals surface area contributed by atoms with Crippen LogP contribution in [-0.2, 0) is 6.42 Å². The molecule has 0 radical (unpaired) electrons. The number of rotatable bonds is 19. The zero-order valence-corrected chi connectivity index (χ0v) is 21.2. The van der Waals surface area contributed by atoms with Crippen molar-refractivity contribution in [2.45, 2.75) is 129 Å². The van der Waals surface area contributed by atoms with Gasteiger partial charge in [-0.05, 0) is 18.4 Å². The minimum atomic E-state index is 0.441. The molecule has 32 heavy (non-hydrogen) atoms. The molecular weight excluding hydrogens is 386 g/mol. The Morgan fingerprint density at radius 2 is 1.03 bits per heavy atom. The van der Waals surface area contributed by atoms with Crippen molar-refractivity contribution in [3.8, 4) is 0 Å². The van der Waals surface area contributed by atoms with E-state index in [0.717, 1.165) is 6.42 Å². The minimum absolute atomic E-state index is 0.441. The van der Waals surface area contributed by atoms with E-state index in [-0.39, 0.29) is 0 Å². The lowest BCUT2D eigenvalue weighted by Crippen LogP contribution is -2.39. The van der Waals surface area contributed by atoms with Crippen LogP contribution in [0.2, 0.25) is 0 Å². The number of aromatic nitrogens is 1.